The predicted octanol–water partition coefficient (Wildman–Crippen LogP) is 2.18. The van der Waals surface area contributed by atoms with Crippen molar-refractivity contribution < 1.29 is 14.3 Å². The zero-order chi connectivity index (χ0) is 17.4. The molecule has 25 heavy (non-hydrogen) atoms. The molecule has 3 aromatic rings. The Labute approximate surface area is 143 Å². The topological polar surface area (TPSA) is 66.3 Å². The molecule has 0 radical (unpaired) electrons. The van der Waals surface area contributed by atoms with Crippen LogP contribution in [0.15, 0.2) is 48.7 Å². The zero-order valence-corrected chi connectivity index (χ0v) is 13.4. The Morgan fingerprint density at radius 3 is 2.84 bits per heavy atom. The Morgan fingerprint density at radius 1 is 1.24 bits per heavy atom. The maximum atomic E-state index is 14.1. The molecule has 0 spiro atoms. The van der Waals surface area contributed by atoms with Gasteiger partial charge in [0, 0.05) is 30.3 Å². The van der Waals surface area contributed by atoms with E-state index in [0.717, 1.165) is 22.0 Å². The van der Waals surface area contributed by atoms with E-state index in [-0.39, 0.29) is 18.7 Å². The summed E-state index contributed by atoms with van der Waals surface area (Å²) in [6.45, 7) is 0.495. The maximum Gasteiger partial charge on any atom is 0.257 e. The molecule has 1 saturated heterocycles. The molecule has 6 heteroatoms. The van der Waals surface area contributed by atoms with E-state index in [1.807, 2.05) is 24.3 Å². The Balaban J connectivity index is 1.65. The molecule has 0 atom stereocenters. The number of aromatic nitrogens is 2. The van der Waals surface area contributed by atoms with E-state index in [4.69, 9.17) is 0 Å². The fourth-order valence-electron chi connectivity index (χ4n) is 3.05. The summed E-state index contributed by atoms with van der Waals surface area (Å²) in [6, 6.07) is 12.3. The van der Waals surface area contributed by atoms with E-state index in [9.17, 15) is 14.3 Å². The van der Waals surface area contributed by atoms with E-state index >= 15 is 0 Å². The Morgan fingerprint density at radius 2 is 2.04 bits per heavy atom. The van der Waals surface area contributed by atoms with Crippen molar-refractivity contribution in [3.8, 4) is 0 Å². The number of hydrogen-bond acceptors (Lipinski definition) is 4. The van der Waals surface area contributed by atoms with Crippen LogP contribution < -0.4 is 0 Å². The van der Waals surface area contributed by atoms with Gasteiger partial charge in [-0.1, -0.05) is 30.3 Å². The molecule has 2 heterocycles. The molecule has 0 saturated carbocycles. The van der Waals surface area contributed by atoms with Gasteiger partial charge in [-0.3, -0.25) is 4.79 Å². The number of benzene rings is 2. The number of hydrogen-bond donors (Lipinski definition) is 1. The first-order valence-electron chi connectivity index (χ1n) is 8.07. The van der Waals surface area contributed by atoms with E-state index < -0.39 is 17.8 Å². The second-order valence-electron chi connectivity index (χ2n) is 6.23. The molecule has 1 aromatic heterocycles. The number of rotatable bonds is 3. The smallest absolute Gasteiger partial charge is 0.257 e. The number of β-amino-alcohol motifs (C(OH)–C–C–N with tert-alkyl or cyclic N) is 1. The van der Waals surface area contributed by atoms with Crippen molar-refractivity contribution in [2.75, 3.05) is 13.1 Å². The molecule has 0 unspecified atom stereocenters. The Bertz CT molecular complexity index is 949. The standard InChI is InChI=1S/C19H16FN3O2/c20-17-6-5-12(7-16(17)19(25)23-10-14(24)11-23)8-18-15-4-2-1-3-13(15)9-21-22-18/h1-7,9,14,24H,8,10-11H2. The van der Waals surface area contributed by atoms with Crippen LogP contribution in [0.2, 0.25) is 0 Å². The molecule has 126 valence electrons. The van der Waals surface area contributed by atoms with Crippen molar-refractivity contribution >= 4 is 16.7 Å². The summed E-state index contributed by atoms with van der Waals surface area (Å²) in [5, 5.41) is 19.5. The third-order valence-electron chi connectivity index (χ3n) is 4.43. The van der Waals surface area contributed by atoms with Crippen molar-refractivity contribution in [2.45, 2.75) is 12.5 Å². The number of fused-ring (bicyclic) bond motifs is 1. The largest absolute Gasteiger partial charge is 0.389 e. The van der Waals surface area contributed by atoms with Gasteiger partial charge >= 0.3 is 0 Å². The van der Waals surface area contributed by atoms with E-state index in [1.165, 1.54) is 11.0 Å². The van der Waals surface area contributed by atoms with Gasteiger partial charge in [-0.25, -0.2) is 4.39 Å². The summed E-state index contributed by atoms with van der Waals surface area (Å²) in [4.78, 5) is 13.8. The van der Waals surface area contributed by atoms with Crippen LogP contribution in [0.5, 0.6) is 0 Å². The van der Waals surface area contributed by atoms with Gasteiger partial charge in [-0.05, 0) is 17.7 Å². The lowest BCUT2D eigenvalue weighted by Crippen LogP contribution is -2.53. The number of halogens is 1. The van der Waals surface area contributed by atoms with Crippen molar-refractivity contribution in [3.05, 3.63) is 71.3 Å². The highest BCUT2D eigenvalue weighted by molar-refractivity contribution is 5.95. The van der Waals surface area contributed by atoms with Crippen LogP contribution in [0.1, 0.15) is 21.6 Å². The fourth-order valence-corrected chi connectivity index (χ4v) is 3.05. The molecule has 1 aliphatic heterocycles. The number of carbonyl (C=O) groups is 1. The molecule has 4 rings (SSSR count). The number of likely N-dealkylation sites (tertiary alicyclic amines) is 1. The molecule has 5 nitrogen and oxygen atoms in total. The van der Waals surface area contributed by atoms with Gasteiger partial charge in [-0.2, -0.15) is 10.2 Å². The lowest BCUT2D eigenvalue weighted by Gasteiger charge is -2.36. The highest BCUT2D eigenvalue weighted by Gasteiger charge is 2.30. The number of aliphatic hydroxyl groups excluding tert-OH is 1. The molecule has 1 aliphatic rings. The van der Waals surface area contributed by atoms with Crippen LogP contribution in [-0.4, -0.2) is 45.3 Å². The van der Waals surface area contributed by atoms with Gasteiger partial charge in [-0.15, -0.1) is 0 Å². The summed E-state index contributed by atoms with van der Waals surface area (Å²) in [5.41, 5.74) is 1.59. The number of aliphatic hydroxyl groups is 1. The van der Waals surface area contributed by atoms with Crippen LogP contribution in [-0.2, 0) is 6.42 Å². The number of nitrogens with zero attached hydrogens (tertiary/aromatic N) is 3. The molecular weight excluding hydrogens is 321 g/mol. The van der Waals surface area contributed by atoms with Crippen molar-refractivity contribution in [2.24, 2.45) is 0 Å². The maximum absolute atomic E-state index is 14.1. The fraction of sp³-hybridized carbons (Fsp3) is 0.211. The first kappa shape index (κ1) is 15.7. The van der Waals surface area contributed by atoms with Gasteiger partial charge in [0.2, 0.25) is 0 Å². The molecule has 0 aliphatic carbocycles. The number of amides is 1. The van der Waals surface area contributed by atoms with Gasteiger partial charge in [0.1, 0.15) is 5.82 Å². The minimum atomic E-state index is -0.556. The van der Waals surface area contributed by atoms with Crippen molar-refractivity contribution in [1.29, 1.82) is 0 Å². The van der Waals surface area contributed by atoms with E-state index in [1.54, 1.807) is 18.3 Å². The van der Waals surface area contributed by atoms with Crippen LogP contribution >= 0.6 is 0 Å². The third kappa shape index (κ3) is 2.96. The summed E-state index contributed by atoms with van der Waals surface area (Å²) < 4.78 is 14.1. The van der Waals surface area contributed by atoms with Gasteiger partial charge in [0.05, 0.1) is 23.6 Å². The second-order valence-corrected chi connectivity index (χ2v) is 6.23. The monoisotopic (exact) mass is 337 g/mol. The quantitative estimate of drug-likeness (QED) is 0.795. The zero-order valence-electron chi connectivity index (χ0n) is 13.4. The lowest BCUT2D eigenvalue weighted by molar-refractivity contribution is 0.00558. The SMILES string of the molecule is O=C(c1cc(Cc2nncc3ccccc23)ccc1F)N1CC(O)C1. The summed E-state index contributed by atoms with van der Waals surface area (Å²) >= 11 is 0. The third-order valence-corrected chi connectivity index (χ3v) is 4.43. The van der Waals surface area contributed by atoms with Gasteiger partial charge < -0.3 is 10.0 Å². The molecule has 1 fully saturated rings. The molecular formula is C19H16FN3O2. The van der Waals surface area contributed by atoms with Crippen molar-refractivity contribution in [1.82, 2.24) is 15.1 Å². The van der Waals surface area contributed by atoms with Gasteiger partial charge in [0.15, 0.2) is 0 Å². The Kier molecular flexibility index (Phi) is 3.89. The molecule has 1 amide bonds. The lowest BCUT2D eigenvalue weighted by atomic mass is 10.0. The first-order valence-corrected chi connectivity index (χ1v) is 8.07. The summed E-state index contributed by atoms with van der Waals surface area (Å²) in [6.07, 6.45) is 1.65. The average Bonchev–Trinajstić information content (AvgIpc) is 2.60. The highest BCUT2D eigenvalue weighted by atomic mass is 19.1. The van der Waals surface area contributed by atoms with Crippen LogP contribution in [0, 0.1) is 5.82 Å². The van der Waals surface area contributed by atoms with Crippen LogP contribution in [0.4, 0.5) is 4.39 Å². The highest BCUT2D eigenvalue weighted by Crippen LogP contribution is 2.21. The van der Waals surface area contributed by atoms with E-state index in [2.05, 4.69) is 10.2 Å². The minimum absolute atomic E-state index is 0.0256. The first-order chi connectivity index (χ1) is 12.1. The average molecular weight is 337 g/mol. The van der Waals surface area contributed by atoms with Crippen LogP contribution in [0.3, 0.4) is 0 Å². The number of carbonyl (C=O) groups excluding carboxylic acids is 1. The van der Waals surface area contributed by atoms with Gasteiger partial charge in [0.25, 0.3) is 5.91 Å². The second kappa shape index (κ2) is 6.22. The van der Waals surface area contributed by atoms with Crippen molar-refractivity contribution in [3.63, 3.8) is 0 Å². The normalized spacial score (nSPS) is 14.6. The summed E-state index contributed by atoms with van der Waals surface area (Å²) in [5.74, 6) is -0.951. The summed E-state index contributed by atoms with van der Waals surface area (Å²) in [7, 11) is 0. The Hall–Kier alpha value is -2.86. The molecule has 0 bridgehead atoms. The molecule has 1 N–H and O–H groups in total. The molecule has 2 aromatic carbocycles. The van der Waals surface area contributed by atoms with Crippen LogP contribution in [0.25, 0.3) is 10.8 Å². The predicted molar refractivity (Wildman–Crippen MR) is 90.7 cm³/mol. The van der Waals surface area contributed by atoms with E-state index in [0.29, 0.717) is 6.42 Å². The minimum Gasteiger partial charge on any atom is -0.389 e.